The standard InChI is InChI=1S/C16H30N4O2.ClH/c1-3-18-16(22)20-9-7-19(8-10-20)15(21)11-13(2)14-5-4-6-17-12-14;/h13-14,17H,3-12H2,1-2H3,(H,18,22);1H. The zero-order valence-corrected chi connectivity index (χ0v) is 15.2. The molecule has 0 spiro atoms. The Labute approximate surface area is 145 Å². The predicted molar refractivity (Wildman–Crippen MR) is 93.8 cm³/mol. The normalized spacial score (nSPS) is 23.0. The van der Waals surface area contributed by atoms with Crippen molar-refractivity contribution in [3.63, 3.8) is 0 Å². The summed E-state index contributed by atoms with van der Waals surface area (Å²) in [6.07, 6.45) is 3.08. The highest BCUT2D eigenvalue weighted by Gasteiger charge is 2.27. The minimum atomic E-state index is -0.0174. The number of piperidine rings is 1. The molecule has 23 heavy (non-hydrogen) atoms. The zero-order chi connectivity index (χ0) is 15.9. The summed E-state index contributed by atoms with van der Waals surface area (Å²) in [5, 5.41) is 6.23. The average Bonchev–Trinajstić information content (AvgIpc) is 2.56. The van der Waals surface area contributed by atoms with E-state index in [4.69, 9.17) is 0 Å². The molecule has 3 amide bonds. The van der Waals surface area contributed by atoms with Gasteiger partial charge in [0, 0.05) is 39.1 Å². The van der Waals surface area contributed by atoms with Gasteiger partial charge in [-0.3, -0.25) is 4.79 Å². The molecule has 0 aromatic carbocycles. The molecule has 2 N–H and O–H groups in total. The van der Waals surface area contributed by atoms with Gasteiger partial charge in [-0.15, -0.1) is 12.4 Å². The number of piperazine rings is 1. The molecule has 0 saturated carbocycles. The number of carbonyl (C=O) groups excluding carboxylic acids is 2. The largest absolute Gasteiger partial charge is 0.339 e. The van der Waals surface area contributed by atoms with Gasteiger partial charge in [0.15, 0.2) is 0 Å². The maximum absolute atomic E-state index is 12.4. The second-order valence-electron chi connectivity index (χ2n) is 6.49. The molecule has 6 nitrogen and oxygen atoms in total. The van der Waals surface area contributed by atoms with E-state index in [1.165, 1.54) is 12.8 Å². The van der Waals surface area contributed by atoms with Crippen LogP contribution in [0.25, 0.3) is 0 Å². The van der Waals surface area contributed by atoms with Crippen molar-refractivity contribution in [1.82, 2.24) is 20.4 Å². The smallest absolute Gasteiger partial charge is 0.317 e. The van der Waals surface area contributed by atoms with E-state index in [1.807, 2.05) is 11.8 Å². The number of rotatable bonds is 4. The third-order valence-corrected chi connectivity index (χ3v) is 4.88. The Hall–Kier alpha value is -1.01. The van der Waals surface area contributed by atoms with E-state index in [-0.39, 0.29) is 24.3 Å². The van der Waals surface area contributed by atoms with Gasteiger partial charge in [0.05, 0.1) is 0 Å². The van der Waals surface area contributed by atoms with Crippen LogP contribution in [0, 0.1) is 11.8 Å². The van der Waals surface area contributed by atoms with Crippen LogP contribution in [0.3, 0.4) is 0 Å². The van der Waals surface area contributed by atoms with Crippen LogP contribution in [0.5, 0.6) is 0 Å². The molecule has 2 heterocycles. The fourth-order valence-electron chi connectivity index (χ4n) is 3.36. The van der Waals surface area contributed by atoms with Crippen LogP contribution in [-0.2, 0) is 4.79 Å². The highest BCUT2D eigenvalue weighted by molar-refractivity contribution is 5.85. The molecule has 7 heteroatoms. The van der Waals surface area contributed by atoms with Crippen molar-refractivity contribution in [3.8, 4) is 0 Å². The summed E-state index contributed by atoms with van der Waals surface area (Å²) >= 11 is 0. The SMILES string of the molecule is CCNC(=O)N1CCN(C(=O)CC(C)C2CCCNC2)CC1.Cl. The molecule has 2 rings (SSSR count). The molecule has 0 aromatic heterocycles. The van der Waals surface area contributed by atoms with E-state index in [2.05, 4.69) is 17.6 Å². The molecule has 134 valence electrons. The van der Waals surface area contributed by atoms with Gasteiger partial charge < -0.3 is 20.4 Å². The molecular formula is C16H31ClN4O2. The fourth-order valence-corrected chi connectivity index (χ4v) is 3.36. The predicted octanol–water partition coefficient (Wildman–Crippen LogP) is 1.31. The molecule has 2 fully saturated rings. The van der Waals surface area contributed by atoms with Crippen LogP contribution in [0.15, 0.2) is 0 Å². The van der Waals surface area contributed by atoms with Crippen molar-refractivity contribution in [3.05, 3.63) is 0 Å². The Balaban J connectivity index is 0.00000264. The Morgan fingerprint density at radius 2 is 1.87 bits per heavy atom. The first kappa shape index (κ1) is 20.0. The van der Waals surface area contributed by atoms with Gasteiger partial charge in [-0.25, -0.2) is 4.79 Å². The molecular weight excluding hydrogens is 316 g/mol. The van der Waals surface area contributed by atoms with Gasteiger partial charge >= 0.3 is 6.03 Å². The van der Waals surface area contributed by atoms with Gasteiger partial charge in [-0.05, 0) is 44.7 Å². The topological polar surface area (TPSA) is 64.7 Å². The summed E-state index contributed by atoms with van der Waals surface area (Å²) in [5.74, 6) is 1.30. The number of amides is 3. The van der Waals surface area contributed by atoms with Gasteiger partial charge in [0.2, 0.25) is 5.91 Å². The van der Waals surface area contributed by atoms with Crippen LogP contribution >= 0.6 is 12.4 Å². The number of halogens is 1. The highest BCUT2D eigenvalue weighted by Crippen LogP contribution is 2.23. The van der Waals surface area contributed by atoms with Crippen molar-refractivity contribution in [1.29, 1.82) is 0 Å². The van der Waals surface area contributed by atoms with Crippen molar-refractivity contribution in [2.45, 2.75) is 33.1 Å². The first-order valence-electron chi connectivity index (χ1n) is 8.63. The second kappa shape index (κ2) is 9.98. The molecule has 2 aliphatic heterocycles. The molecule has 2 aliphatic rings. The zero-order valence-electron chi connectivity index (χ0n) is 14.3. The number of hydrogen-bond acceptors (Lipinski definition) is 3. The third kappa shape index (κ3) is 5.84. The van der Waals surface area contributed by atoms with Gasteiger partial charge in [0.25, 0.3) is 0 Å². The van der Waals surface area contributed by atoms with Crippen LogP contribution < -0.4 is 10.6 Å². The number of hydrogen-bond donors (Lipinski definition) is 2. The maximum atomic E-state index is 12.4. The summed E-state index contributed by atoms with van der Waals surface area (Å²) < 4.78 is 0. The van der Waals surface area contributed by atoms with Crippen LogP contribution in [0.4, 0.5) is 4.79 Å². The summed E-state index contributed by atoms with van der Waals surface area (Å²) in [4.78, 5) is 27.9. The first-order valence-corrected chi connectivity index (χ1v) is 8.63. The van der Waals surface area contributed by atoms with Crippen molar-refractivity contribution >= 4 is 24.3 Å². The lowest BCUT2D eigenvalue weighted by atomic mass is 9.85. The van der Waals surface area contributed by atoms with E-state index in [0.29, 0.717) is 51.0 Å². The minimum Gasteiger partial charge on any atom is -0.339 e. The monoisotopic (exact) mass is 346 g/mol. The number of carbonyl (C=O) groups is 2. The quantitative estimate of drug-likeness (QED) is 0.806. The Morgan fingerprint density at radius 3 is 2.43 bits per heavy atom. The molecule has 0 bridgehead atoms. The van der Waals surface area contributed by atoms with Gasteiger partial charge in [0.1, 0.15) is 0 Å². The van der Waals surface area contributed by atoms with Crippen molar-refractivity contribution in [2.75, 3.05) is 45.8 Å². The van der Waals surface area contributed by atoms with Gasteiger partial charge in [-0.1, -0.05) is 6.92 Å². The highest BCUT2D eigenvalue weighted by atomic mass is 35.5. The summed E-state index contributed by atoms with van der Waals surface area (Å²) in [6, 6.07) is -0.0174. The van der Waals surface area contributed by atoms with E-state index in [1.54, 1.807) is 4.90 Å². The third-order valence-electron chi connectivity index (χ3n) is 4.88. The molecule has 0 radical (unpaired) electrons. The van der Waals surface area contributed by atoms with Crippen LogP contribution in [0.2, 0.25) is 0 Å². The molecule has 0 aromatic rings. The Bertz CT molecular complexity index is 380. The lowest BCUT2D eigenvalue weighted by molar-refractivity contribution is -0.134. The molecule has 2 atom stereocenters. The molecule has 0 aliphatic carbocycles. The van der Waals surface area contributed by atoms with Crippen LogP contribution in [-0.4, -0.2) is 67.6 Å². The maximum Gasteiger partial charge on any atom is 0.317 e. The summed E-state index contributed by atoms with van der Waals surface area (Å²) in [5.41, 5.74) is 0. The second-order valence-corrected chi connectivity index (χ2v) is 6.49. The van der Waals surface area contributed by atoms with Crippen molar-refractivity contribution < 1.29 is 9.59 Å². The Morgan fingerprint density at radius 1 is 1.22 bits per heavy atom. The van der Waals surface area contributed by atoms with Crippen LogP contribution in [0.1, 0.15) is 33.1 Å². The van der Waals surface area contributed by atoms with E-state index in [0.717, 1.165) is 13.1 Å². The molecule has 2 unspecified atom stereocenters. The van der Waals surface area contributed by atoms with E-state index < -0.39 is 0 Å². The Kier molecular flexibility index (Phi) is 8.69. The van der Waals surface area contributed by atoms with E-state index in [9.17, 15) is 9.59 Å². The number of nitrogens with one attached hydrogen (secondary N) is 2. The lowest BCUT2D eigenvalue weighted by Gasteiger charge is -2.36. The van der Waals surface area contributed by atoms with Crippen molar-refractivity contribution in [2.24, 2.45) is 11.8 Å². The summed E-state index contributed by atoms with van der Waals surface area (Å²) in [6.45, 7) is 9.49. The van der Waals surface area contributed by atoms with Gasteiger partial charge in [-0.2, -0.15) is 0 Å². The number of nitrogens with zero attached hydrogens (tertiary/aromatic N) is 2. The minimum absolute atomic E-state index is 0. The molecule has 2 saturated heterocycles. The number of urea groups is 1. The van der Waals surface area contributed by atoms with E-state index >= 15 is 0 Å². The lowest BCUT2D eigenvalue weighted by Crippen LogP contribution is -2.53. The fraction of sp³-hybridized carbons (Fsp3) is 0.875. The first-order chi connectivity index (χ1) is 10.6. The summed E-state index contributed by atoms with van der Waals surface area (Å²) in [7, 11) is 0. The average molecular weight is 347 g/mol.